The molecule has 0 radical (unpaired) electrons. The summed E-state index contributed by atoms with van der Waals surface area (Å²) in [5, 5.41) is 5.04. The largest absolute Gasteiger partial charge is 0.310 e. The first-order chi connectivity index (χ1) is 23.8. The third-order valence-corrected chi connectivity index (χ3v) is 9.37. The van der Waals surface area contributed by atoms with Crippen LogP contribution < -0.4 is 4.90 Å². The van der Waals surface area contributed by atoms with E-state index in [0.717, 1.165) is 22.7 Å². The Bertz CT molecular complexity index is 2490. The van der Waals surface area contributed by atoms with Crippen molar-refractivity contribution >= 4 is 49.6 Å². The average Bonchev–Trinajstić information content (AvgIpc) is 3.50. The Morgan fingerprint density at radius 2 is 0.854 bits per heavy atom. The molecule has 0 fully saturated rings. The van der Waals surface area contributed by atoms with E-state index in [1.807, 2.05) is 0 Å². The van der Waals surface area contributed by atoms with Crippen molar-refractivity contribution in [1.29, 1.82) is 0 Å². The molecule has 0 saturated heterocycles. The molecule has 48 heavy (non-hydrogen) atoms. The maximum atomic E-state index is 2.37. The number of anilines is 3. The minimum Gasteiger partial charge on any atom is -0.310 e. The summed E-state index contributed by atoms with van der Waals surface area (Å²) in [5.41, 5.74) is 11.8. The second-order valence-electron chi connectivity index (χ2n) is 12.2. The number of hydrogen-bond donors (Lipinski definition) is 0. The van der Waals surface area contributed by atoms with Gasteiger partial charge in [-0.15, -0.1) is 0 Å². The molecule has 0 amide bonds. The van der Waals surface area contributed by atoms with Gasteiger partial charge in [0, 0.05) is 33.5 Å². The molecule has 0 bridgehead atoms. The summed E-state index contributed by atoms with van der Waals surface area (Å²) in [7, 11) is 0. The Hall–Kier alpha value is -6.38. The Labute approximate surface area is 280 Å². The van der Waals surface area contributed by atoms with Gasteiger partial charge in [-0.25, -0.2) is 0 Å². The molecule has 1 aromatic heterocycles. The smallest absolute Gasteiger partial charge is 0.0541 e. The number of benzene rings is 8. The van der Waals surface area contributed by atoms with Gasteiger partial charge in [0.2, 0.25) is 0 Å². The van der Waals surface area contributed by atoms with Crippen LogP contribution in [0.1, 0.15) is 0 Å². The summed E-state index contributed by atoms with van der Waals surface area (Å²) in [4.78, 5) is 2.35. The number of rotatable bonds is 6. The molecule has 0 atom stereocenters. The van der Waals surface area contributed by atoms with Crippen LogP contribution in [-0.2, 0) is 0 Å². The van der Waals surface area contributed by atoms with Gasteiger partial charge < -0.3 is 9.47 Å². The highest BCUT2D eigenvalue weighted by atomic mass is 15.1. The van der Waals surface area contributed by atoms with Gasteiger partial charge in [0.15, 0.2) is 0 Å². The summed E-state index contributed by atoms with van der Waals surface area (Å²) in [5.74, 6) is 0. The molecule has 0 saturated carbocycles. The minimum absolute atomic E-state index is 1.10. The van der Waals surface area contributed by atoms with E-state index in [1.165, 1.54) is 54.8 Å². The zero-order valence-electron chi connectivity index (χ0n) is 26.4. The van der Waals surface area contributed by atoms with Gasteiger partial charge in [0.1, 0.15) is 0 Å². The molecule has 0 N–H and O–H groups in total. The highest BCUT2D eigenvalue weighted by molar-refractivity contribution is 6.09. The van der Waals surface area contributed by atoms with Crippen molar-refractivity contribution in [2.24, 2.45) is 0 Å². The summed E-state index contributed by atoms with van der Waals surface area (Å²) >= 11 is 0. The fraction of sp³-hybridized carbons (Fsp3) is 0. The molecule has 1 heterocycles. The Morgan fingerprint density at radius 3 is 1.52 bits per heavy atom. The van der Waals surface area contributed by atoms with Crippen molar-refractivity contribution in [2.75, 3.05) is 4.90 Å². The monoisotopic (exact) mass is 612 g/mol. The highest BCUT2D eigenvalue weighted by Crippen LogP contribution is 2.41. The lowest BCUT2D eigenvalue weighted by Crippen LogP contribution is -2.10. The van der Waals surface area contributed by atoms with Crippen molar-refractivity contribution in [1.82, 2.24) is 4.57 Å². The van der Waals surface area contributed by atoms with Crippen LogP contribution in [0.2, 0.25) is 0 Å². The topological polar surface area (TPSA) is 8.17 Å². The van der Waals surface area contributed by atoms with E-state index in [4.69, 9.17) is 0 Å². The van der Waals surface area contributed by atoms with E-state index >= 15 is 0 Å². The lowest BCUT2D eigenvalue weighted by Gasteiger charge is -2.26. The summed E-state index contributed by atoms with van der Waals surface area (Å²) in [6, 6.07) is 69.8. The van der Waals surface area contributed by atoms with E-state index in [9.17, 15) is 0 Å². The fourth-order valence-corrected chi connectivity index (χ4v) is 7.23. The van der Waals surface area contributed by atoms with Gasteiger partial charge >= 0.3 is 0 Å². The number of fused-ring (bicyclic) bond motifs is 4. The SMILES string of the molecule is c1ccc(-c2cccc3cccc(-c4cccc(N(c5ccccc5)c5ccc(-n6c7ccccc7c7ccccc76)cc5)c4)c23)cc1. The molecule has 9 rings (SSSR count). The third kappa shape index (κ3) is 4.74. The lowest BCUT2D eigenvalue weighted by molar-refractivity contribution is 1.17. The Balaban J connectivity index is 1.18. The molecule has 0 aliphatic heterocycles. The highest BCUT2D eigenvalue weighted by Gasteiger charge is 2.17. The standard InChI is InChI=1S/C46H32N2/c1-3-14-33(15-4-1)40-24-12-16-34-17-13-25-41(46(34)40)35-18-11-21-39(32-35)47(36-19-5-2-6-20-36)37-28-30-38(31-29-37)48-44-26-9-7-22-42(44)43-23-8-10-27-45(43)48/h1-32H. The van der Waals surface area contributed by atoms with Crippen molar-refractivity contribution in [3.8, 4) is 27.9 Å². The first-order valence-corrected chi connectivity index (χ1v) is 16.4. The average molecular weight is 613 g/mol. The second kappa shape index (κ2) is 11.8. The predicted molar refractivity (Wildman–Crippen MR) is 204 cm³/mol. The van der Waals surface area contributed by atoms with E-state index < -0.39 is 0 Å². The van der Waals surface area contributed by atoms with E-state index in [0.29, 0.717) is 0 Å². The zero-order valence-corrected chi connectivity index (χ0v) is 26.4. The third-order valence-electron chi connectivity index (χ3n) is 9.37. The van der Waals surface area contributed by atoms with Gasteiger partial charge in [-0.1, -0.05) is 133 Å². The van der Waals surface area contributed by atoms with Crippen molar-refractivity contribution < 1.29 is 0 Å². The minimum atomic E-state index is 1.10. The summed E-state index contributed by atoms with van der Waals surface area (Å²) in [6.07, 6.45) is 0. The first-order valence-electron chi connectivity index (χ1n) is 16.4. The number of nitrogens with zero attached hydrogens (tertiary/aromatic N) is 2. The van der Waals surface area contributed by atoms with Gasteiger partial charge in [0.05, 0.1) is 11.0 Å². The lowest BCUT2D eigenvalue weighted by atomic mass is 9.91. The summed E-state index contributed by atoms with van der Waals surface area (Å²) < 4.78 is 2.37. The van der Waals surface area contributed by atoms with Gasteiger partial charge in [0.25, 0.3) is 0 Å². The molecule has 0 aliphatic carbocycles. The number of hydrogen-bond acceptors (Lipinski definition) is 1. The Morgan fingerprint density at radius 1 is 0.354 bits per heavy atom. The molecular weight excluding hydrogens is 581 g/mol. The van der Waals surface area contributed by atoms with Gasteiger partial charge in [-0.2, -0.15) is 0 Å². The van der Waals surface area contributed by atoms with E-state index in [2.05, 4.69) is 204 Å². The van der Waals surface area contributed by atoms with Crippen LogP contribution in [0.3, 0.4) is 0 Å². The van der Waals surface area contributed by atoms with Crippen LogP contribution in [0.15, 0.2) is 194 Å². The van der Waals surface area contributed by atoms with Crippen LogP contribution in [0.25, 0.3) is 60.5 Å². The second-order valence-corrected chi connectivity index (χ2v) is 12.2. The maximum absolute atomic E-state index is 2.37. The molecule has 0 unspecified atom stereocenters. The molecule has 0 aliphatic rings. The molecule has 2 heteroatoms. The molecular formula is C46H32N2. The maximum Gasteiger partial charge on any atom is 0.0541 e. The van der Waals surface area contributed by atoms with Gasteiger partial charge in [-0.05, 0) is 93.7 Å². The van der Waals surface area contributed by atoms with Crippen LogP contribution in [-0.4, -0.2) is 4.57 Å². The first kappa shape index (κ1) is 27.9. The van der Waals surface area contributed by atoms with E-state index in [-0.39, 0.29) is 0 Å². The van der Waals surface area contributed by atoms with Crippen LogP contribution >= 0.6 is 0 Å². The quantitative estimate of drug-likeness (QED) is 0.181. The number of aromatic nitrogens is 1. The molecule has 8 aromatic carbocycles. The van der Waals surface area contributed by atoms with Crippen LogP contribution in [0.4, 0.5) is 17.1 Å². The van der Waals surface area contributed by atoms with Crippen LogP contribution in [0, 0.1) is 0 Å². The fourth-order valence-electron chi connectivity index (χ4n) is 7.23. The Kier molecular flexibility index (Phi) is 6.84. The normalized spacial score (nSPS) is 11.3. The van der Waals surface area contributed by atoms with Crippen molar-refractivity contribution in [2.45, 2.75) is 0 Å². The molecule has 2 nitrogen and oxygen atoms in total. The predicted octanol–water partition coefficient (Wildman–Crippen LogP) is 12.7. The summed E-state index contributed by atoms with van der Waals surface area (Å²) in [6.45, 7) is 0. The zero-order chi connectivity index (χ0) is 31.9. The molecule has 9 aromatic rings. The van der Waals surface area contributed by atoms with Crippen molar-refractivity contribution in [3.63, 3.8) is 0 Å². The van der Waals surface area contributed by atoms with Gasteiger partial charge in [-0.3, -0.25) is 0 Å². The van der Waals surface area contributed by atoms with E-state index in [1.54, 1.807) is 0 Å². The number of para-hydroxylation sites is 3. The van der Waals surface area contributed by atoms with Crippen molar-refractivity contribution in [3.05, 3.63) is 194 Å². The molecule has 226 valence electrons. The van der Waals surface area contributed by atoms with Crippen LogP contribution in [0.5, 0.6) is 0 Å². The molecule has 0 spiro atoms.